The van der Waals surface area contributed by atoms with Crippen LogP contribution in [0.3, 0.4) is 0 Å². The minimum Gasteiger partial charge on any atom is -0.462 e. The Hall–Kier alpha value is -1.51. The average Bonchev–Trinajstić information content (AvgIpc) is 2.73. The molecule has 0 fully saturated rings. The lowest BCUT2D eigenvalue weighted by Gasteiger charge is -2.11. The van der Waals surface area contributed by atoms with Gasteiger partial charge in [0, 0.05) is 12.1 Å². The van der Waals surface area contributed by atoms with Gasteiger partial charge in [-0.3, -0.25) is 4.79 Å². The summed E-state index contributed by atoms with van der Waals surface area (Å²) in [6.07, 6.45) is 7.85. The molecule has 0 aliphatic heterocycles. The molecule has 0 aromatic carbocycles. The Morgan fingerprint density at radius 1 is 1.44 bits per heavy atom. The highest BCUT2D eigenvalue weighted by atomic mass is 16.3. The summed E-state index contributed by atoms with van der Waals surface area (Å²) in [7, 11) is 0. The first-order valence-electron chi connectivity index (χ1n) is 6.67. The third-order valence-corrected chi connectivity index (χ3v) is 2.79. The average molecular weight is 249 g/mol. The molecule has 3 heteroatoms. The van der Waals surface area contributed by atoms with Gasteiger partial charge in [-0.1, -0.05) is 26.2 Å². The molecule has 18 heavy (non-hydrogen) atoms. The SMILES string of the molecule is CCCCCC(C)NC(=O)C=Cc1ccc(C)o1. The Morgan fingerprint density at radius 3 is 2.83 bits per heavy atom. The van der Waals surface area contributed by atoms with Crippen molar-refractivity contribution in [1.82, 2.24) is 5.32 Å². The summed E-state index contributed by atoms with van der Waals surface area (Å²) in [6.45, 7) is 6.10. The number of hydrogen-bond acceptors (Lipinski definition) is 2. The quantitative estimate of drug-likeness (QED) is 0.591. The van der Waals surface area contributed by atoms with E-state index in [1.54, 1.807) is 6.08 Å². The lowest BCUT2D eigenvalue weighted by Crippen LogP contribution is -2.30. The van der Waals surface area contributed by atoms with E-state index in [-0.39, 0.29) is 11.9 Å². The van der Waals surface area contributed by atoms with E-state index in [2.05, 4.69) is 12.2 Å². The van der Waals surface area contributed by atoms with Crippen LogP contribution in [0.1, 0.15) is 51.1 Å². The van der Waals surface area contributed by atoms with Crippen molar-refractivity contribution in [3.8, 4) is 0 Å². The van der Waals surface area contributed by atoms with Crippen molar-refractivity contribution >= 4 is 12.0 Å². The van der Waals surface area contributed by atoms with E-state index in [4.69, 9.17) is 4.42 Å². The maximum Gasteiger partial charge on any atom is 0.244 e. The number of aryl methyl sites for hydroxylation is 1. The molecular formula is C15H23NO2. The number of carbonyl (C=O) groups is 1. The van der Waals surface area contributed by atoms with Crippen molar-refractivity contribution in [2.75, 3.05) is 0 Å². The van der Waals surface area contributed by atoms with E-state index in [0.717, 1.165) is 12.2 Å². The van der Waals surface area contributed by atoms with Gasteiger partial charge in [-0.25, -0.2) is 0 Å². The lowest BCUT2D eigenvalue weighted by molar-refractivity contribution is -0.117. The molecule has 1 unspecified atom stereocenters. The van der Waals surface area contributed by atoms with Gasteiger partial charge in [-0.2, -0.15) is 0 Å². The molecule has 0 aliphatic carbocycles. The fourth-order valence-corrected chi connectivity index (χ4v) is 1.76. The number of furan rings is 1. The van der Waals surface area contributed by atoms with Crippen LogP contribution in [-0.2, 0) is 4.79 Å². The van der Waals surface area contributed by atoms with Crippen molar-refractivity contribution in [2.24, 2.45) is 0 Å². The summed E-state index contributed by atoms with van der Waals surface area (Å²) in [6, 6.07) is 3.96. The van der Waals surface area contributed by atoms with Crippen LogP contribution < -0.4 is 5.32 Å². The summed E-state index contributed by atoms with van der Waals surface area (Å²) in [5.74, 6) is 1.50. The van der Waals surface area contributed by atoms with Crippen LogP contribution in [0.4, 0.5) is 0 Å². The highest BCUT2D eigenvalue weighted by Crippen LogP contribution is 2.08. The van der Waals surface area contributed by atoms with E-state index in [9.17, 15) is 4.79 Å². The molecule has 0 spiro atoms. The number of nitrogens with one attached hydrogen (secondary N) is 1. The van der Waals surface area contributed by atoms with Crippen LogP contribution >= 0.6 is 0 Å². The number of carbonyl (C=O) groups excluding carboxylic acids is 1. The highest BCUT2D eigenvalue weighted by molar-refractivity contribution is 5.91. The molecule has 0 saturated carbocycles. The first kappa shape index (κ1) is 14.6. The van der Waals surface area contributed by atoms with Crippen molar-refractivity contribution < 1.29 is 9.21 Å². The first-order chi connectivity index (χ1) is 8.61. The zero-order valence-corrected chi connectivity index (χ0v) is 11.5. The van der Waals surface area contributed by atoms with Gasteiger partial charge in [0.2, 0.25) is 5.91 Å². The van der Waals surface area contributed by atoms with Crippen LogP contribution in [-0.4, -0.2) is 11.9 Å². The normalized spacial score (nSPS) is 12.8. The van der Waals surface area contributed by atoms with E-state index in [0.29, 0.717) is 5.76 Å². The molecular weight excluding hydrogens is 226 g/mol. The fourth-order valence-electron chi connectivity index (χ4n) is 1.76. The molecule has 100 valence electrons. The Morgan fingerprint density at radius 2 is 2.22 bits per heavy atom. The molecule has 3 nitrogen and oxygen atoms in total. The molecule has 1 aromatic heterocycles. The number of rotatable bonds is 7. The molecule has 1 N–H and O–H groups in total. The van der Waals surface area contributed by atoms with Crippen molar-refractivity contribution in [3.05, 3.63) is 29.7 Å². The number of unbranched alkanes of at least 4 members (excludes halogenated alkanes) is 2. The van der Waals surface area contributed by atoms with Crippen LogP contribution in [0.15, 0.2) is 22.6 Å². The molecule has 1 rings (SSSR count). The van der Waals surface area contributed by atoms with Crippen LogP contribution in [0.2, 0.25) is 0 Å². The molecule has 0 bridgehead atoms. The summed E-state index contributed by atoms with van der Waals surface area (Å²) in [5.41, 5.74) is 0. The molecule has 1 aromatic rings. The van der Waals surface area contributed by atoms with Gasteiger partial charge in [-0.05, 0) is 38.5 Å². The first-order valence-corrected chi connectivity index (χ1v) is 6.67. The second-order valence-electron chi connectivity index (χ2n) is 4.69. The predicted molar refractivity (Wildman–Crippen MR) is 74.2 cm³/mol. The Kier molecular flexibility index (Phi) is 6.26. The van der Waals surface area contributed by atoms with Gasteiger partial charge >= 0.3 is 0 Å². The Labute approximate surface area is 109 Å². The molecule has 1 atom stereocenters. The van der Waals surface area contributed by atoms with Gasteiger partial charge in [-0.15, -0.1) is 0 Å². The molecule has 0 saturated heterocycles. The maximum atomic E-state index is 11.6. The van der Waals surface area contributed by atoms with Crippen LogP contribution in [0, 0.1) is 6.92 Å². The van der Waals surface area contributed by atoms with Crippen LogP contribution in [0.25, 0.3) is 6.08 Å². The molecule has 1 amide bonds. The molecule has 0 radical (unpaired) electrons. The Balaban J connectivity index is 2.30. The summed E-state index contributed by atoms with van der Waals surface area (Å²) in [4.78, 5) is 11.6. The van der Waals surface area contributed by atoms with Gasteiger partial charge in [0.1, 0.15) is 11.5 Å². The second kappa shape index (κ2) is 7.75. The minimum absolute atomic E-state index is 0.0620. The Bertz CT molecular complexity index is 393. The lowest BCUT2D eigenvalue weighted by atomic mass is 10.1. The fraction of sp³-hybridized carbons (Fsp3) is 0.533. The zero-order chi connectivity index (χ0) is 13.4. The minimum atomic E-state index is -0.0620. The third kappa shape index (κ3) is 5.71. The van der Waals surface area contributed by atoms with Crippen molar-refractivity contribution in [3.63, 3.8) is 0 Å². The second-order valence-corrected chi connectivity index (χ2v) is 4.69. The van der Waals surface area contributed by atoms with Crippen molar-refractivity contribution in [2.45, 2.75) is 52.5 Å². The predicted octanol–water partition coefficient (Wildman–Crippen LogP) is 3.69. The summed E-state index contributed by atoms with van der Waals surface area (Å²) in [5, 5.41) is 2.95. The van der Waals surface area contributed by atoms with Crippen molar-refractivity contribution in [1.29, 1.82) is 0 Å². The van der Waals surface area contributed by atoms with Gasteiger partial charge < -0.3 is 9.73 Å². The van der Waals surface area contributed by atoms with Crippen LogP contribution in [0.5, 0.6) is 0 Å². The summed E-state index contributed by atoms with van der Waals surface area (Å²) >= 11 is 0. The van der Waals surface area contributed by atoms with E-state index >= 15 is 0 Å². The highest BCUT2D eigenvalue weighted by Gasteiger charge is 2.04. The van der Waals surface area contributed by atoms with Gasteiger partial charge in [0.05, 0.1) is 0 Å². The summed E-state index contributed by atoms with van der Waals surface area (Å²) < 4.78 is 5.35. The maximum absolute atomic E-state index is 11.6. The number of hydrogen-bond donors (Lipinski definition) is 1. The third-order valence-electron chi connectivity index (χ3n) is 2.79. The largest absolute Gasteiger partial charge is 0.462 e. The topological polar surface area (TPSA) is 42.2 Å². The monoisotopic (exact) mass is 249 g/mol. The number of amides is 1. The van der Waals surface area contributed by atoms with E-state index < -0.39 is 0 Å². The zero-order valence-electron chi connectivity index (χ0n) is 11.5. The van der Waals surface area contributed by atoms with Gasteiger partial charge in [0.15, 0.2) is 0 Å². The smallest absolute Gasteiger partial charge is 0.244 e. The van der Waals surface area contributed by atoms with E-state index in [1.807, 2.05) is 26.0 Å². The van der Waals surface area contributed by atoms with Gasteiger partial charge in [0.25, 0.3) is 0 Å². The molecule has 1 heterocycles. The standard InChI is InChI=1S/C15H23NO2/c1-4-5-6-7-12(2)16-15(17)11-10-14-9-8-13(3)18-14/h8-12H,4-7H2,1-3H3,(H,16,17). The van der Waals surface area contributed by atoms with E-state index in [1.165, 1.54) is 25.3 Å². The molecule has 0 aliphatic rings.